The Labute approximate surface area is 112 Å². The van der Waals surface area contributed by atoms with E-state index in [1.54, 1.807) is 11.3 Å². The van der Waals surface area contributed by atoms with E-state index >= 15 is 0 Å². The summed E-state index contributed by atoms with van der Waals surface area (Å²) in [5, 5.41) is 0. The normalized spacial score (nSPS) is 17.7. The Morgan fingerprint density at radius 1 is 1.11 bits per heavy atom. The zero-order chi connectivity index (χ0) is 12.8. The van der Waals surface area contributed by atoms with Crippen LogP contribution in [-0.4, -0.2) is 0 Å². The molecule has 2 rings (SSSR count). The summed E-state index contributed by atoms with van der Waals surface area (Å²) in [4.78, 5) is 0. The van der Waals surface area contributed by atoms with Gasteiger partial charge in [0.05, 0.1) is 0 Å². The third-order valence-electron chi connectivity index (χ3n) is 4.31. The molecule has 1 fully saturated rings. The Kier molecular flexibility index (Phi) is 5.22. The van der Waals surface area contributed by atoms with E-state index in [2.05, 4.69) is 36.7 Å². The SMILES string of the molecule is CCCc1c(CC)ccc[n+]1C1CCCCCC1. The first kappa shape index (κ1) is 13.6. The molecule has 1 saturated carbocycles. The van der Waals surface area contributed by atoms with Crippen LogP contribution in [0.4, 0.5) is 0 Å². The van der Waals surface area contributed by atoms with Crippen molar-refractivity contribution in [3.8, 4) is 0 Å². The molecule has 0 unspecified atom stereocenters. The van der Waals surface area contributed by atoms with Gasteiger partial charge in [0, 0.05) is 30.9 Å². The van der Waals surface area contributed by atoms with E-state index in [9.17, 15) is 0 Å². The molecule has 0 amide bonds. The van der Waals surface area contributed by atoms with Crippen molar-refractivity contribution in [3.63, 3.8) is 0 Å². The van der Waals surface area contributed by atoms with Gasteiger partial charge in [-0.15, -0.1) is 0 Å². The molecule has 1 aromatic rings. The van der Waals surface area contributed by atoms with Gasteiger partial charge in [0.15, 0.2) is 17.9 Å². The molecule has 0 N–H and O–H groups in total. The minimum Gasteiger partial charge on any atom is -0.200 e. The van der Waals surface area contributed by atoms with E-state index in [4.69, 9.17) is 0 Å². The largest absolute Gasteiger partial charge is 0.200 e. The van der Waals surface area contributed by atoms with Crippen molar-refractivity contribution in [2.45, 2.75) is 77.7 Å². The van der Waals surface area contributed by atoms with Crippen LogP contribution in [0.25, 0.3) is 0 Å². The summed E-state index contributed by atoms with van der Waals surface area (Å²) in [6.07, 6.45) is 14.5. The highest BCUT2D eigenvalue weighted by Crippen LogP contribution is 2.24. The van der Waals surface area contributed by atoms with Gasteiger partial charge in [-0.2, -0.15) is 4.57 Å². The zero-order valence-electron chi connectivity index (χ0n) is 12.1. The second-order valence-corrected chi connectivity index (χ2v) is 5.64. The topological polar surface area (TPSA) is 3.88 Å². The van der Waals surface area contributed by atoms with Crippen LogP contribution < -0.4 is 4.57 Å². The molecule has 1 heterocycles. The van der Waals surface area contributed by atoms with E-state index in [0.29, 0.717) is 0 Å². The highest BCUT2D eigenvalue weighted by Gasteiger charge is 2.24. The maximum absolute atomic E-state index is 2.62. The Balaban J connectivity index is 2.29. The lowest BCUT2D eigenvalue weighted by Gasteiger charge is -2.15. The fourth-order valence-electron chi connectivity index (χ4n) is 3.33. The molecule has 1 aliphatic carbocycles. The van der Waals surface area contributed by atoms with Crippen LogP contribution in [0.15, 0.2) is 18.3 Å². The van der Waals surface area contributed by atoms with Crippen LogP contribution in [0.5, 0.6) is 0 Å². The third kappa shape index (κ3) is 3.13. The van der Waals surface area contributed by atoms with Gasteiger partial charge < -0.3 is 0 Å². The molecule has 0 aromatic carbocycles. The second kappa shape index (κ2) is 6.92. The Morgan fingerprint density at radius 2 is 1.83 bits per heavy atom. The zero-order valence-corrected chi connectivity index (χ0v) is 12.1. The molecule has 1 nitrogen and oxygen atoms in total. The first-order chi connectivity index (χ1) is 8.86. The van der Waals surface area contributed by atoms with Gasteiger partial charge in [0.2, 0.25) is 0 Å². The molecular weight excluding hydrogens is 218 g/mol. The van der Waals surface area contributed by atoms with Crippen LogP contribution in [0.1, 0.15) is 76.1 Å². The van der Waals surface area contributed by atoms with E-state index in [1.165, 1.54) is 57.8 Å². The van der Waals surface area contributed by atoms with Crippen molar-refractivity contribution in [1.29, 1.82) is 0 Å². The molecule has 0 radical (unpaired) electrons. The van der Waals surface area contributed by atoms with E-state index in [0.717, 1.165) is 6.04 Å². The van der Waals surface area contributed by atoms with Gasteiger partial charge in [-0.05, 0) is 31.7 Å². The fourth-order valence-corrected chi connectivity index (χ4v) is 3.33. The smallest absolute Gasteiger partial charge is 0.184 e. The van der Waals surface area contributed by atoms with E-state index in [1.807, 2.05) is 0 Å². The lowest BCUT2D eigenvalue weighted by atomic mass is 10.0. The number of nitrogens with zero attached hydrogens (tertiary/aromatic N) is 1. The fraction of sp³-hybridized carbons (Fsp3) is 0.706. The second-order valence-electron chi connectivity index (χ2n) is 5.64. The first-order valence-electron chi connectivity index (χ1n) is 7.88. The van der Waals surface area contributed by atoms with Crippen LogP contribution in [0.3, 0.4) is 0 Å². The summed E-state index contributed by atoms with van der Waals surface area (Å²) in [7, 11) is 0. The standard InChI is InChI=1S/C17H28N/c1-3-10-17-15(4-2)11-9-14-18(17)16-12-7-5-6-8-13-16/h9,11,14,16H,3-8,10,12-13H2,1-2H3/q+1. The molecule has 1 aliphatic rings. The minimum absolute atomic E-state index is 0.764. The molecule has 1 heteroatoms. The summed E-state index contributed by atoms with van der Waals surface area (Å²) < 4.78 is 2.62. The lowest BCUT2D eigenvalue weighted by molar-refractivity contribution is -0.731. The third-order valence-corrected chi connectivity index (χ3v) is 4.31. The first-order valence-corrected chi connectivity index (χ1v) is 7.88. The number of rotatable bonds is 4. The van der Waals surface area contributed by atoms with Gasteiger partial charge in [-0.3, -0.25) is 0 Å². The molecule has 0 atom stereocenters. The van der Waals surface area contributed by atoms with Gasteiger partial charge in [0.25, 0.3) is 0 Å². The van der Waals surface area contributed by atoms with Gasteiger partial charge in [-0.1, -0.05) is 26.7 Å². The monoisotopic (exact) mass is 246 g/mol. The molecule has 0 bridgehead atoms. The van der Waals surface area contributed by atoms with Crippen LogP contribution in [0.2, 0.25) is 0 Å². The summed E-state index contributed by atoms with van der Waals surface area (Å²) in [5.41, 5.74) is 3.16. The van der Waals surface area contributed by atoms with Crippen molar-refractivity contribution in [2.75, 3.05) is 0 Å². The maximum Gasteiger partial charge on any atom is 0.184 e. The van der Waals surface area contributed by atoms with Crippen LogP contribution in [-0.2, 0) is 12.8 Å². The Morgan fingerprint density at radius 3 is 2.44 bits per heavy atom. The predicted molar refractivity (Wildman–Crippen MR) is 76.7 cm³/mol. The molecule has 18 heavy (non-hydrogen) atoms. The van der Waals surface area contributed by atoms with E-state index in [-0.39, 0.29) is 0 Å². The van der Waals surface area contributed by atoms with Crippen molar-refractivity contribution < 1.29 is 4.57 Å². The number of aromatic nitrogens is 1. The molecule has 100 valence electrons. The lowest BCUT2D eigenvalue weighted by Crippen LogP contribution is -2.43. The highest BCUT2D eigenvalue weighted by atomic mass is 15.0. The molecular formula is C17H28N+. The van der Waals surface area contributed by atoms with Crippen molar-refractivity contribution >= 4 is 0 Å². The molecule has 0 saturated heterocycles. The average Bonchev–Trinajstić information content (AvgIpc) is 2.68. The number of pyridine rings is 1. The number of hydrogen-bond acceptors (Lipinski definition) is 0. The summed E-state index contributed by atoms with van der Waals surface area (Å²) in [6.45, 7) is 4.58. The van der Waals surface area contributed by atoms with E-state index < -0.39 is 0 Å². The summed E-state index contributed by atoms with van der Waals surface area (Å²) in [5.74, 6) is 0. The van der Waals surface area contributed by atoms with Crippen LogP contribution >= 0.6 is 0 Å². The Bertz CT molecular complexity index is 362. The molecule has 1 aromatic heterocycles. The minimum atomic E-state index is 0.764. The van der Waals surface area contributed by atoms with Crippen molar-refractivity contribution in [2.24, 2.45) is 0 Å². The summed E-state index contributed by atoms with van der Waals surface area (Å²) in [6, 6.07) is 5.33. The Hall–Kier alpha value is -0.850. The predicted octanol–water partition coefficient (Wildman–Crippen LogP) is 4.38. The van der Waals surface area contributed by atoms with Gasteiger partial charge in [0.1, 0.15) is 0 Å². The van der Waals surface area contributed by atoms with Crippen LogP contribution in [0, 0.1) is 0 Å². The number of hydrogen-bond donors (Lipinski definition) is 0. The molecule has 0 aliphatic heterocycles. The van der Waals surface area contributed by atoms with Gasteiger partial charge in [-0.25, -0.2) is 0 Å². The van der Waals surface area contributed by atoms with Crippen molar-refractivity contribution in [3.05, 3.63) is 29.6 Å². The average molecular weight is 246 g/mol. The quantitative estimate of drug-likeness (QED) is 0.548. The molecule has 0 spiro atoms. The van der Waals surface area contributed by atoms with Crippen molar-refractivity contribution in [1.82, 2.24) is 0 Å². The highest BCUT2D eigenvalue weighted by molar-refractivity contribution is 5.15. The number of aryl methyl sites for hydroxylation is 1. The summed E-state index contributed by atoms with van der Waals surface area (Å²) >= 11 is 0. The maximum atomic E-state index is 2.62. The van der Waals surface area contributed by atoms with Gasteiger partial charge >= 0.3 is 0 Å².